The maximum absolute atomic E-state index is 12.0. The summed E-state index contributed by atoms with van der Waals surface area (Å²) in [5, 5.41) is 14.9. The van der Waals surface area contributed by atoms with E-state index in [1.807, 2.05) is 25.1 Å². The Morgan fingerprint density at radius 1 is 1.45 bits per heavy atom. The number of benzene rings is 1. The van der Waals surface area contributed by atoms with Gasteiger partial charge in [0, 0.05) is 0 Å². The molecule has 1 aromatic heterocycles. The van der Waals surface area contributed by atoms with Crippen molar-refractivity contribution in [2.45, 2.75) is 26.5 Å². The number of amides is 1. The van der Waals surface area contributed by atoms with Crippen LogP contribution in [0.1, 0.15) is 12.5 Å². The number of rotatable bonds is 6. The molecule has 2 N–H and O–H groups in total. The van der Waals surface area contributed by atoms with Crippen LogP contribution >= 0.6 is 0 Å². The summed E-state index contributed by atoms with van der Waals surface area (Å²) < 4.78 is 6.65. The van der Waals surface area contributed by atoms with E-state index in [9.17, 15) is 9.59 Å². The number of carbonyl (C=O) groups excluding carboxylic acids is 1. The minimum atomic E-state index is -1.04. The number of nitrogens with zero attached hydrogens (tertiary/aromatic N) is 3. The molecule has 0 saturated heterocycles. The highest BCUT2D eigenvalue weighted by Gasteiger charge is 2.17. The van der Waals surface area contributed by atoms with Crippen LogP contribution in [-0.2, 0) is 16.1 Å². The van der Waals surface area contributed by atoms with Gasteiger partial charge in [-0.1, -0.05) is 12.1 Å². The standard InChI is InChI=1S/C14H16N4O4/c1-9-4-3-5-11(6-9)22-10(2)13(21)16-14-15-8-18(17-14)7-12(19)20/h3-6,8,10H,7H2,1-2H3,(H,19,20)(H,16,17,21). The van der Waals surface area contributed by atoms with Crippen LogP contribution in [0, 0.1) is 6.92 Å². The van der Waals surface area contributed by atoms with Gasteiger partial charge in [0.15, 0.2) is 6.10 Å². The Morgan fingerprint density at radius 3 is 2.91 bits per heavy atom. The van der Waals surface area contributed by atoms with Crippen molar-refractivity contribution in [1.29, 1.82) is 0 Å². The molecular weight excluding hydrogens is 288 g/mol. The van der Waals surface area contributed by atoms with E-state index in [1.165, 1.54) is 6.33 Å². The number of aromatic nitrogens is 3. The topological polar surface area (TPSA) is 106 Å². The molecule has 8 nitrogen and oxygen atoms in total. The Kier molecular flexibility index (Phi) is 4.72. The van der Waals surface area contributed by atoms with Gasteiger partial charge >= 0.3 is 5.97 Å². The fourth-order valence-corrected chi connectivity index (χ4v) is 1.72. The second kappa shape index (κ2) is 6.70. The number of hydrogen-bond acceptors (Lipinski definition) is 5. The first-order valence-electron chi connectivity index (χ1n) is 6.59. The van der Waals surface area contributed by atoms with Crippen molar-refractivity contribution in [2.75, 3.05) is 5.32 Å². The number of carboxylic acids is 1. The quantitative estimate of drug-likeness (QED) is 0.827. The minimum absolute atomic E-state index is 0.0333. The van der Waals surface area contributed by atoms with Gasteiger partial charge in [-0.3, -0.25) is 14.9 Å². The highest BCUT2D eigenvalue weighted by Crippen LogP contribution is 2.14. The number of ether oxygens (including phenoxy) is 1. The molecule has 0 bridgehead atoms. The first-order chi connectivity index (χ1) is 10.4. The zero-order valence-electron chi connectivity index (χ0n) is 12.2. The van der Waals surface area contributed by atoms with Crippen LogP contribution in [-0.4, -0.2) is 37.9 Å². The predicted molar refractivity (Wildman–Crippen MR) is 77.6 cm³/mol. The summed E-state index contributed by atoms with van der Waals surface area (Å²) in [5.74, 6) is -0.841. The molecule has 1 atom stereocenters. The van der Waals surface area contributed by atoms with Crippen LogP contribution in [0.5, 0.6) is 5.75 Å². The van der Waals surface area contributed by atoms with Crippen LogP contribution in [0.15, 0.2) is 30.6 Å². The van der Waals surface area contributed by atoms with Gasteiger partial charge in [-0.25, -0.2) is 9.67 Å². The van der Waals surface area contributed by atoms with Gasteiger partial charge < -0.3 is 9.84 Å². The Bertz CT molecular complexity index is 683. The van der Waals surface area contributed by atoms with Crippen LogP contribution in [0.2, 0.25) is 0 Å². The average molecular weight is 304 g/mol. The predicted octanol–water partition coefficient (Wildman–Crippen LogP) is 1.08. The van der Waals surface area contributed by atoms with E-state index in [2.05, 4.69) is 15.4 Å². The molecule has 0 fully saturated rings. The van der Waals surface area contributed by atoms with E-state index in [4.69, 9.17) is 9.84 Å². The molecule has 0 aliphatic carbocycles. The molecule has 1 amide bonds. The Labute approximate surface area is 126 Å². The molecule has 1 aromatic carbocycles. The van der Waals surface area contributed by atoms with E-state index in [0.717, 1.165) is 10.2 Å². The largest absolute Gasteiger partial charge is 0.481 e. The first-order valence-corrected chi connectivity index (χ1v) is 6.59. The fourth-order valence-electron chi connectivity index (χ4n) is 1.72. The minimum Gasteiger partial charge on any atom is -0.481 e. The lowest BCUT2D eigenvalue weighted by Gasteiger charge is -2.13. The lowest BCUT2D eigenvalue weighted by atomic mass is 10.2. The summed E-state index contributed by atoms with van der Waals surface area (Å²) in [7, 11) is 0. The van der Waals surface area contributed by atoms with Crippen LogP contribution < -0.4 is 10.1 Å². The zero-order valence-corrected chi connectivity index (χ0v) is 12.2. The highest BCUT2D eigenvalue weighted by molar-refractivity contribution is 5.92. The highest BCUT2D eigenvalue weighted by atomic mass is 16.5. The van der Waals surface area contributed by atoms with E-state index in [0.29, 0.717) is 5.75 Å². The number of carboxylic acid groups (broad SMARTS) is 1. The maximum atomic E-state index is 12.0. The second-order valence-corrected chi connectivity index (χ2v) is 4.73. The third-order valence-electron chi connectivity index (χ3n) is 2.74. The molecule has 2 aromatic rings. The lowest BCUT2D eigenvalue weighted by molar-refractivity contribution is -0.137. The molecule has 0 saturated carbocycles. The monoisotopic (exact) mass is 304 g/mol. The summed E-state index contributed by atoms with van der Waals surface area (Å²) in [6.45, 7) is 3.21. The molecule has 116 valence electrons. The Balaban J connectivity index is 1.93. The summed E-state index contributed by atoms with van der Waals surface area (Å²) >= 11 is 0. The van der Waals surface area contributed by atoms with E-state index in [-0.39, 0.29) is 12.5 Å². The SMILES string of the molecule is Cc1cccc(OC(C)C(=O)Nc2ncn(CC(=O)O)n2)c1. The lowest BCUT2D eigenvalue weighted by Crippen LogP contribution is -2.30. The van der Waals surface area contributed by atoms with Crippen molar-refractivity contribution >= 4 is 17.8 Å². The third kappa shape index (κ3) is 4.30. The van der Waals surface area contributed by atoms with Gasteiger partial charge in [-0.05, 0) is 31.5 Å². The molecule has 8 heteroatoms. The summed E-state index contributed by atoms with van der Waals surface area (Å²) in [6, 6.07) is 7.35. The van der Waals surface area contributed by atoms with E-state index >= 15 is 0 Å². The third-order valence-corrected chi connectivity index (χ3v) is 2.74. The molecule has 22 heavy (non-hydrogen) atoms. The van der Waals surface area contributed by atoms with Crippen LogP contribution in [0.4, 0.5) is 5.95 Å². The van der Waals surface area contributed by atoms with Crippen molar-refractivity contribution < 1.29 is 19.4 Å². The smallest absolute Gasteiger partial charge is 0.325 e. The van der Waals surface area contributed by atoms with Crippen molar-refractivity contribution in [3.05, 3.63) is 36.2 Å². The summed E-state index contributed by atoms with van der Waals surface area (Å²) in [5.41, 5.74) is 1.03. The number of aliphatic carboxylic acids is 1. The fraction of sp³-hybridized carbons (Fsp3) is 0.286. The molecule has 0 aliphatic rings. The number of carbonyl (C=O) groups is 2. The Hall–Kier alpha value is -2.90. The normalized spacial score (nSPS) is 11.7. The zero-order chi connectivity index (χ0) is 16.1. The van der Waals surface area contributed by atoms with Gasteiger partial charge in [-0.2, -0.15) is 0 Å². The van der Waals surface area contributed by atoms with Crippen molar-refractivity contribution in [1.82, 2.24) is 14.8 Å². The molecule has 1 heterocycles. The maximum Gasteiger partial charge on any atom is 0.325 e. The molecule has 0 aliphatic heterocycles. The second-order valence-electron chi connectivity index (χ2n) is 4.73. The van der Waals surface area contributed by atoms with Crippen LogP contribution in [0.3, 0.4) is 0 Å². The van der Waals surface area contributed by atoms with E-state index in [1.54, 1.807) is 13.0 Å². The average Bonchev–Trinajstić information content (AvgIpc) is 2.85. The van der Waals surface area contributed by atoms with E-state index < -0.39 is 18.0 Å². The summed E-state index contributed by atoms with van der Waals surface area (Å²) in [6.07, 6.45) is 0.490. The van der Waals surface area contributed by atoms with Crippen molar-refractivity contribution in [2.24, 2.45) is 0 Å². The van der Waals surface area contributed by atoms with Crippen LogP contribution in [0.25, 0.3) is 0 Å². The first kappa shape index (κ1) is 15.5. The number of anilines is 1. The van der Waals surface area contributed by atoms with Crippen molar-refractivity contribution in [3.63, 3.8) is 0 Å². The Morgan fingerprint density at radius 2 is 2.23 bits per heavy atom. The molecule has 0 radical (unpaired) electrons. The number of hydrogen-bond donors (Lipinski definition) is 2. The molecule has 0 spiro atoms. The van der Waals surface area contributed by atoms with Gasteiger partial charge in [0.25, 0.3) is 5.91 Å². The van der Waals surface area contributed by atoms with Gasteiger partial charge in [0.05, 0.1) is 0 Å². The molecular formula is C14H16N4O4. The van der Waals surface area contributed by atoms with Crippen molar-refractivity contribution in [3.8, 4) is 5.75 Å². The number of nitrogens with one attached hydrogen (secondary N) is 1. The molecule has 2 rings (SSSR count). The van der Waals surface area contributed by atoms with Gasteiger partial charge in [-0.15, -0.1) is 5.10 Å². The number of aryl methyl sites for hydroxylation is 1. The van der Waals surface area contributed by atoms with Gasteiger partial charge in [0.2, 0.25) is 5.95 Å². The molecule has 1 unspecified atom stereocenters. The van der Waals surface area contributed by atoms with Gasteiger partial charge in [0.1, 0.15) is 18.6 Å². The summed E-state index contributed by atoms with van der Waals surface area (Å²) in [4.78, 5) is 26.3.